The van der Waals surface area contributed by atoms with Crippen LogP contribution in [0, 0.1) is 0 Å². The molecule has 2 aliphatic rings. The number of allylic oxidation sites excluding steroid dienone is 5. The van der Waals surface area contributed by atoms with Crippen molar-refractivity contribution < 1.29 is 4.74 Å². The fourth-order valence-corrected chi connectivity index (χ4v) is 2.14. The quantitative estimate of drug-likeness (QED) is 0.557. The number of methoxy groups -OCH3 is 1. The first-order chi connectivity index (χ1) is 6.40. The van der Waals surface area contributed by atoms with E-state index < -0.39 is 0 Å². The van der Waals surface area contributed by atoms with Gasteiger partial charge in [0.15, 0.2) is 0 Å². The molecule has 2 aliphatic carbocycles. The molecule has 13 heavy (non-hydrogen) atoms. The van der Waals surface area contributed by atoms with Crippen LogP contribution in [-0.2, 0) is 4.74 Å². The second kappa shape index (κ2) is 3.82. The van der Waals surface area contributed by atoms with Gasteiger partial charge in [-0.15, -0.1) is 0 Å². The summed E-state index contributed by atoms with van der Waals surface area (Å²) in [5.74, 6) is 0. The summed E-state index contributed by atoms with van der Waals surface area (Å²) >= 11 is 0. The van der Waals surface area contributed by atoms with E-state index in [4.69, 9.17) is 4.74 Å². The van der Waals surface area contributed by atoms with Gasteiger partial charge < -0.3 is 4.74 Å². The summed E-state index contributed by atoms with van der Waals surface area (Å²) in [6.45, 7) is 0. The minimum absolute atomic E-state index is 1.11. The van der Waals surface area contributed by atoms with E-state index >= 15 is 0 Å². The largest absolute Gasteiger partial charge is 0.504 e. The summed E-state index contributed by atoms with van der Waals surface area (Å²) in [4.78, 5) is 0. The van der Waals surface area contributed by atoms with Gasteiger partial charge >= 0.3 is 0 Å². The van der Waals surface area contributed by atoms with Gasteiger partial charge in [-0.05, 0) is 43.3 Å². The van der Waals surface area contributed by atoms with Crippen molar-refractivity contribution in [2.75, 3.05) is 7.11 Å². The first-order valence-electron chi connectivity index (χ1n) is 5.01. The lowest BCUT2D eigenvalue weighted by Crippen LogP contribution is -2.03. The van der Waals surface area contributed by atoms with Crippen LogP contribution in [0.1, 0.15) is 32.1 Å². The van der Waals surface area contributed by atoms with Crippen LogP contribution in [0.15, 0.2) is 35.1 Å². The first-order valence-corrected chi connectivity index (χ1v) is 5.01. The first kappa shape index (κ1) is 8.61. The monoisotopic (exact) mass is 176 g/mol. The topological polar surface area (TPSA) is 9.23 Å². The molecular weight excluding hydrogens is 160 g/mol. The lowest BCUT2D eigenvalue weighted by molar-refractivity contribution is 0.334. The summed E-state index contributed by atoms with van der Waals surface area (Å²) < 4.78 is 5.03. The fourth-order valence-electron chi connectivity index (χ4n) is 2.14. The normalized spacial score (nSPS) is 24.8. The van der Waals surface area contributed by atoms with Crippen molar-refractivity contribution >= 4 is 0 Å². The zero-order valence-electron chi connectivity index (χ0n) is 8.18. The highest BCUT2D eigenvalue weighted by Gasteiger charge is 2.14. The highest BCUT2D eigenvalue weighted by molar-refractivity contribution is 5.40. The molecule has 0 aromatic rings. The molecule has 0 aliphatic heterocycles. The van der Waals surface area contributed by atoms with E-state index in [1.54, 1.807) is 18.3 Å². The van der Waals surface area contributed by atoms with Crippen molar-refractivity contribution in [3.8, 4) is 0 Å². The van der Waals surface area contributed by atoms with Crippen LogP contribution in [0.5, 0.6) is 0 Å². The van der Waals surface area contributed by atoms with Gasteiger partial charge in [-0.2, -0.15) is 0 Å². The van der Waals surface area contributed by atoms with Gasteiger partial charge in [0.25, 0.3) is 0 Å². The summed E-state index contributed by atoms with van der Waals surface area (Å²) in [5, 5.41) is 0. The van der Waals surface area contributed by atoms with Crippen LogP contribution in [0.2, 0.25) is 0 Å². The molecule has 0 aromatic heterocycles. The van der Waals surface area contributed by atoms with Crippen molar-refractivity contribution in [3.05, 3.63) is 35.1 Å². The van der Waals surface area contributed by atoms with Gasteiger partial charge in [-0.3, -0.25) is 0 Å². The van der Waals surface area contributed by atoms with E-state index in [2.05, 4.69) is 12.2 Å². The molecule has 0 bridgehead atoms. The number of ether oxygens (including phenoxy) is 1. The average molecular weight is 176 g/mol. The summed E-state index contributed by atoms with van der Waals surface area (Å²) in [5.41, 5.74) is 4.53. The maximum atomic E-state index is 5.03. The third-order valence-corrected chi connectivity index (χ3v) is 2.81. The minimum atomic E-state index is 1.11. The molecule has 0 saturated heterocycles. The van der Waals surface area contributed by atoms with Gasteiger partial charge in [0, 0.05) is 0 Å². The number of rotatable bonds is 1. The van der Waals surface area contributed by atoms with Crippen molar-refractivity contribution in [2.24, 2.45) is 0 Å². The Hall–Kier alpha value is -0.980. The zero-order chi connectivity index (χ0) is 9.10. The molecule has 70 valence electrons. The van der Waals surface area contributed by atoms with Gasteiger partial charge in [0.2, 0.25) is 0 Å². The molecule has 0 amide bonds. The summed E-state index contributed by atoms with van der Waals surface area (Å²) in [6, 6.07) is 0. The van der Waals surface area contributed by atoms with E-state index in [1.165, 1.54) is 31.3 Å². The second-order valence-electron chi connectivity index (χ2n) is 3.77. The summed E-state index contributed by atoms with van der Waals surface area (Å²) in [6.07, 6.45) is 12.7. The average Bonchev–Trinajstić information content (AvgIpc) is 2.18. The summed E-state index contributed by atoms with van der Waals surface area (Å²) in [7, 11) is 1.71. The molecule has 2 rings (SSSR count). The predicted octanol–water partition coefficient (Wildman–Crippen LogP) is 3.35. The molecule has 0 saturated carbocycles. The standard InChI is InChI=1S/C12H16O/c1-13-9-10-6-7-11-4-2-3-5-12(11)8-10/h6-7,9H,2-5,8H2,1H3/b10-9-. The Kier molecular flexibility index (Phi) is 2.53. The molecule has 0 aromatic carbocycles. The lowest BCUT2D eigenvalue weighted by atomic mass is 9.84. The van der Waals surface area contributed by atoms with Gasteiger partial charge in [-0.25, -0.2) is 0 Å². The molecule has 0 atom stereocenters. The molecule has 0 spiro atoms. The minimum Gasteiger partial charge on any atom is -0.504 e. The molecule has 1 heteroatoms. The van der Waals surface area contributed by atoms with Crippen molar-refractivity contribution in [3.63, 3.8) is 0 Å². The molecule has 0 N–H and O–H groups in total. The molecular formula is C12H16O. The molecule has 1 nitrogen and oxygen atoms in total. The zero-order valence-corrected chi connectivity index (χ0v) is 8.18. The van der Waals surface area contributed by atoms with Gasteiger partial charge in [0.1, 0.15) is 0 Å². The van der Waals surface area contributed by atoms with Crippen LogP contribution < -0.4 is 0 Å². The Morgan fingerprint density at radius 1 is 1.23 bits per heavy atom. The van der Waals surface area contributed by atoms with Crippen LogP contribution in [0.3, 0.4) is 0 Å². The highest BCUT2D eigenvalue weighted by Crippen LogP contribution is 2.33. The van der Waals surface area contributed by atoms with Gasteiger partial charge in [0.05, 0.1) is 13.4 Å². The predicted molar refractivity (Wildman–Crippen MR) is 54.3 cm³/mol. The molecule has 0 radical (unpaired) electrons. The Morgan fingerprint density at radius 2 is 2.08 bits per heavy atom. The Morgan fingerprint density at radius 3 is 2.92 bits per heavy atom. The molecule has 0 unspecified atom stereocenters. The Labute approximate surface area is 79.8 Å². The third-order valence-electron chi connectivity index (χ3n) is 2.81. The van der Waals surface area contributed by atoms with E-state index in [0.29, 0.717) is 0 Å². The molecule has 0 fully saturated rings. The van der Waals surface area contributed by atoms with Crippen molar-refractivity contribution in [1.82, 2.24) is 0 Å². The van der Waals surface area contributed by atoms with E-state index in [1.807, 2.05) is 6.26 Å². The SMILES string of the molecule is CO/C=C1/C=CC2=C(CCCC2)C1. The smallest absolute Gasteiger partial charge is 0.0859 e. The fraction of sp³-hybridized carbons (Fsp3) is 0.500. The maximum Gasteiger partial charge on any atom is 0.0859 e. The van der Waals surface area contributed by atoms with E-state index in [9.17, 15) is 0 Å². The van der Waals surface area contributed by atoms with Crippen LogP contribution in [0.25, 0.3) is 0 Å². The van der Waals surface area contributed by atoms with Crippen LogP contribution in [-0.4, -0.2) is 7.11 Å². The van der Waals surface area contributed by atoms with Crippen LogP contribution >= 0.6 is 0 Å². The van der Waals surface area contributed by atoms with E-state index in [0.717, 1.165) is 6.42 Å². The third kappa shape index (κ3) is 1.85. The molecule has 0 heterocycles. The lowest BCUT2D eigenvalue weighted by Gasteiger charge is -2.21. The Balaban J connectivity index is 2.15. The van der Waals surface area contributed by atoms with Gasteiger partial charge in [-0.1, -0.05) is 17.7 Å². The van der Waals surface area contributed by atoms with Crippen LogP contribution in [0.4, 0.5) is 0 Å². The number of hydrogen-bond donors (Lipinski definition) is 0. The second-order valence-corrected chi connectivity index (χ2v) is 3.77. The maximum absolute atomic E-state index is 5.03. The van der Waals surface area contributed by atoms with Crippen molar-refractivity contribution in [1.29, 1.82) is 0 Å². The number of hydrogen-bond acceptors (Lipinski definition) is 1. The van der Waals surface area contributed by atoms with E-state index in [-0.39, 0.29) is 0 Å². The Bertz CT molecular complexity index is 281. The van der Waals surface area contributed by atoms with Crippen molar-refractivity contribution in [2.45, 2.75) is 32.1 Å². The highest BCUT2D eigenvalue weighted by atomic mass is 16.5.